The van der Waals surface area contributed by atoms with Gasteiger partial charge in [0.25, 0.3) is 5.91 Å². The van der Waals surface area contributed by atoms with Crippen molar-refractivity contribution in [2.24, 2.45) is 11.3 Å². The summed E-state index contributed by atoms with van der Waals surface area (Å²) in [6.07, 6.45) is 9.37. The van der Waals surface area contributed by atoms with Crippen LogP contribution in [0.2, 0.25) is 0 Å². The predicted octanol–water partition coefficient (Wildman–Crippen LogP) is 8.27. The first kappa shape index (κ1) is 54.0. The zero-order valence-electron chi connectivity index (χ0n) is 43.6. The quantitative estimate of drug-likeness (QED) is 0.0396. The van der Waals surface area contributed by atoms with Crippen molar-refractivity contribution in [2.75, 3.05) is 19.7 Å². The van der Waals surface area contributed by atoms with E-state index in [-0.39, 0.29) is 68.0 Å². The third kappa shape index (κ3) is 13.3. The van der Waals surface area contributed by atoms with Crippen LogP contribution in [0.1, 0.15) is 147 Å². The normalized spacial score (nSPS) is 17.4. The van der Waals surface area contributed by atoms with Crippen molar-refractivity contribution in [1.29, 1.82) is 0 Å². The van der Waals surface area contributed by atoms with E-state index in [4.69, 9.17) is 9.72 Å². The first-order valence-electron chi connectivity index (χ1n) is 26.5. The van der Waals surface area contributed by atoms with Gasteiger partial charge in [-0.2, -0.15) is 0 Å². The number of amides is 4. The van der Waals surface area contributed by atoms with Crippen LogP contribution < -0.4 is 20.7 Å². The number of hydrogen-bond donors (Lipinski definition) is 5. The summed E-state index contributed by atoms with van der Waals surface area (Å²) in [4.78, 5) is 79.1. The molecule has 0 saturated carbocycles. The molecular formula is C58H73N7O8S. The fourth-order valence-corrected chi connectivity index (χ4v) is 11.3. The summed E-state index contributed by atoms with van der Waals surface area (Å²) in [6, 6.07) is 16.8. The monoisotopic (exact) mass is 1030 g/mol. The van der Waals surface area contributed by atoms with Crippen LogP contribution in [-0.2, 0) is 51.7 Å². The minimum absolute atomic E-state index is 0.0215. The number of β-amino-alcohol motifs (C(OH)–C–C–N with tert-alkyl or cyclic N) is 1. The number of rotatable bonds is 23. The Bertz CT molecular complexity index is 2790. The van der Waals surface area contributed by atoms with Crippen molar-refractivity contribution in [2.45, 2.75) is 156 Å². The average Bonchev–Trinajstić information content (AvgIpc) is 4.24. The van der Waals surface area contributed by atoms with Gasteiger partial charge in [0.2, 0.25) is 17.7 Å². The van der Waals surface area contributed by atoms with Crippen LogP contribution in [0, 0.1) is 25.2 Å². The molecule has 4 amide bonds. The standard InChI is InChI=1S/C58H73N7O8S/c1-36-43(34-66)26-42(55(70)63-48-22-21-39-19-20-41(27-46(39)48)49-33-64-24-10-13-52(64)62-49)28-51(36)73-25-11-23-59-53(69)14-9-7-6-8-12-44(67)29-47(58(3,4)5)57(72)65-32-45(68)30-50(65)56(71)60-31-38-15-17-40(18-16-38)54-37(2)61-35-74-54/h15-20,26-28,33,35,45,47-48,50,66,68H,6-14,21-25,29-32,34H2,1-5H3,(H,59,69)(H,60,71)(H,63,70)/t45-,47-,48-,50+/m1/s1. The molecule has 5 aromatic rings. The summed E-state index contributed by atoms with van der Waals surface area (Å²) in [5, 5.41) is 29.9. The molecule has 3 aromatic carbocycles. The van der Waals surface area contributed by atoms with Crippen LogP contribution in [0.15, 0.2) is 66.3 Å². The van der Waals surface area contributed by atoms with Gasteiger partial charge in [0, 0.05) is 81.5 Å². The number of aryl methyl sites for hydroxylation is 4. The Morgan fingerprint density at radius 2 is 1.69 bits per heavy atom. The van der Waals surface area contributed by atoms with Crippen LogP contribution in [0.4, 0.5) is 0 Å². The Balaban J connectivity index is 0.718. The Morgan fingerprint density at radius 1 is 0.919 bits per heavy atom. The van der Waals surface area contributed by atoms with Gasteiger partial charge >= 0.3 is 0 Å². The second-order valence-electron chi connectivity index (χ2n) is 21.4. The molecule has 1 aliphatic carbocycles. The molecule has 2 aromatic heterocycles. The highest BCUT2D eigenvalue weighted by Crippen LogP contribution is 2.37. The number of nitrogens with one attached hydrogen (secondary N) is 3. The zero-order chi connectivity index (χ0) is 52.5. The number of likely N-dealkylation sites (tertiary alicyclic amines) is 1. The average molecular weight is 1030 g/mol. The summed E-state index contributed by atoms with van der Waals surface area (Å²) in [5.74, 6) is 0.0465. The number of hydrogen-bond acceptors (Lipinski definition) is 11. The maximum atomic E-state index is 14.1. The van der Waals surface area contributed by atoms with E-state index in [2.05, 4.69) is 49.9 Å². The number of carbonyl (C=O) groups is 5. The lowest BCUT2D eigenvalue weighted by Crippen LogP contribution is -2.50. The van der Waals surface area contributed by atoms with Gasteiger partial charge in [-0.15, -0.1) is 11.3 Å². The molecule has 16 heteroatoms. The van der Waals surface area contributed by atoms with E-state index in [9.17, 15) is 34.2 Å². The molecular weight excluding hydrogens is 955 g/mol. The lowest BCUT2D eigenvalue weighted by molar-refractivity contribution is -0.146. The van der Waals surface area contributed by atoms with E-state index in [1.54, 1.807) is 23.5 Å². The third-order valence-corrected chi connectivity index (χ3v) is 15.9. The van der Waals surface area contributed by atoms with E-state index in [1.165, 1.54) is 10.5 Å². The Kier molecular flexibility index (Phi) is 17.8. The molecule has 0 unspecified atom stereocenters. The minimum atomic E-state index is -0.836. The van der Waals surface area contributed by atoms with Crippen molar-refractivity contribution < 1.29 is 38.9 Å². The molecule has 1 saturated heterocycles. The van der Waals surface area contributed by atoms with Crippen LogP contribution in [0.3, 0.4) is 0 Å². The predicted molar refractivity (Wildman–Crippen MR) is 285 cm³/mol. The van der Waals surface area contributed by atoms with Gasteiger partial charge in [-0.25, -0.2) is 9.97 Å². The van der Waals surface area contributed by atoms with Crippen molar-refractivity contribution in [3.63, 3.8) is 0 Å². The maximum absolute atomic E-state index is 14.1. The first-order valence-corrected chi connectivity index (χ1v) is 27.4. The first-order chi connectivity index (χ1) is 35.6. The van der Waals surface area contributed by atoms with Gasteiger partial charge < -0.3 is 40.4 Å². The van der Waals surface area contributed by atoms with E-state index >= 15 is 0 Å². The van der Waals surface area contributed by atoms with Gasteiger partial charge in [-0.05, 0) is 109 Å². The number of aliphatic hydroxyl groups excluding tert-OH is 2. The molecule has 5 N–H and O–H groups in total. The molecule has 4 atom stereocenters. The highest BCUT2D eigenvalue weighted by Gasteiger charge is 2.44. The molecule has 8 rings (SSSR count). The second-order valence-corrected chi connectivity index (χ2v) is 22.3. The lowest BCUT2D eigenvalue weighted by atomic mass is 9.76. The number of aliphatic hydroxyl groups is 2. The lowest BCUT2D eigenvalue weighted by Gasteiger charge is -2.34. The smallest absolute Gasteiger partial charge is 0.251 e. The molecule has 0 radical (unpaired) electrons. The van der Waals surface area contributed by atoms with Gasteiger partial charge in [0.1, 0.15) is 23.4 Å². The Morgan fingerprint density at radius 3 is 2.42 bits per heavy atom. The van der Waals surface area contributed by atoms with Crippen molar-refractivity contribution in [3.8, 4) is 27.4 Å². The summed E-state index contributed by atoms with van der Waals surface area (Å²) in [6.45, 7) is 11.4. The number of thiazole rings is 1. The van der Waals surface area contributed by atoms with Gasteiger partial charge in [-0.3, -0.25) is 24.0 Å². The fourth-order valence-electron chi connectivity index (χ4n) is 10.5. The second kappa shape index (κ2) is 24.4. The number of carbonyl (C=O) groups excluding carboxylic acids is 5. The maximum Gasteiger partial charge on any atom is 0.251 e. The Hall–Kier alpha value is -6.23. The van der Waals surface area contributed by atoms with Crippen molar-refractivity contribution in [3.05, 3.63) is 111 Å². The third-order valence-electron chi connectivity index (χ3n) is 15.0. The van der Waals surface area contributed by atoms with Gasteiger partial charge in [-0.1, -0.05) is 70.0 Å². The van der Waals surface area contributed by atoms with Crippen molar-refractivity contribution >= 4 is 40.7 Å². The number of ketones is 1. The molecule has 74 heavy (non-hydrogen) atoms. The number of unbranched alkanes of at least 4 members (excludes halogenated alkanes) is 3. The molecule has 2 aliphatic heterocycles. The molecule has 0 spiro atoms. The minimum Gasteiger partial charge on any atom is -0.493 e. The number of benzene rings is 3. The molecule has 394 valence electrons. The Labute approximate surface area is 438 Å². The van der Waals surface area contributed by atoms with Gasteiger partial charge in [0.15, 0.2) is 0 Å². The van der Waals surface area contributed by atoms with Crippen molar-refractivity contribution in [1.82, 2.24) is 35.4 Å². The summed E-state index contributed by atoms with van der Waals surface area (Å²) < 4.78 is 8.35. The molecule has 3 aliphatic rings. The fraction of sp³-hybridized carbons (Fsp3) is 0.500. The highest BCUT2D eigenvalue weighted by atomic mass is 32.1. The number of imidazole rings is 1. The molecule has 15 nitrogen and oxygen atoms in total. The van der Waals surface area contributed by atoms with E-state index < -0.39 is 23.5 Å². The van der Waals surface area contributed by atoms with E-state index in [0.29, 0.717) is 62.1 Å². The highest BCUT2D eigenvalue weighted by molar-refractivity contribution is 7.13. The zero-order valence-corrected chi connectivity index (χ0v) is 44.5. The van der Waals surface area contributed by atoms with Gasteiger partial charge in [0.05, 0.1) is 47.1 Å². The molecule has 4 heterocycles. The number of nitrogens with zero attached hydrogens (tertiary/aromatic N) is 4. The molecule has 0 bridgehead atoms. The SMILES string of the molecule is Cc1ncsc1-c1ccc(CNC(=O)[C@@H]2C[C@@H](O)CN2C(=O)[C@@H](CC(=O)CCCCCCC(=O)NCCCOc2cc(C(=O)N[C@@H]3CCc4ccc(-c5cn6c(n5)CCC6)cc43)cc(CO)c2C)C(C)(C)C)cc1. The topological polar surface area (TPSA) is 205 Å². The van der Waals surface area contributed by atoms with Crippen LogP contribution in [0.25, 0.3) is 21.7 Å². The summed E-state index contributed by atoms with van der Waals surface area (Å²) in [5.41, 5.74) is 10.3. The van der Waals surface area contributed by atoms with Crippen LogP contribution in [-0.4, -0.2) is 90.9 Å². The number of fused-ring (bicyclic) bond motifs is 2. The summed E-state index contributed by atoms with van der Waals surface area (Å²) in [7, 11) is 0. The number of Topliss-reactive ketones (excluding diaryl/α,β-unsaturated/α-hetero) is 1. The number of ether oxygens (including phenoxy) is 1. The molecule has 1 fully saturated rings. The summed E-state index contributed by atoms with van der Waals surface area (Å²) >= 11 is 1.58. The number of aromatic nitrogens is 3. The van der Waals surface area contributed by atoms with E-state index in [1.807, 2.05) is 64.4 Å². The largest absolute Gasteiger partial charge is 0.493 e. The van der Waals surface area contributed by atoms with Crippen LogP contribution >= 0.6 is 11.3 Å². The van der Waals surface area contributed by atoms with Crippen LogP contribution in [0.5, 0.6) is 5.75 Å². The van der Waals surface area contributed by atoms with E-state index in [0.717, 1.165) is 95.0 Å².